The molecule has 4 aliphatic rings. The Balaban J connectivity index is 0.865. The van der Waals surface area contributed by atoms with Gasteiger partial charge in [-0.05, 0) is 92.6 Å². The van der Waals surface area contributed by atoms with Crippen LogP contribution in [0.4, 0.5) is 24.5 Å². The van der Waals surface area contributed by atoms with Gasteiger partial charge in [-0.25, -0.2) is 14.6 Å². The third kappa shape index (κ3) is 7.73. The fraction of sp³-hybridized carbons (Fsp3) is 0.436. The highest BCUT2D eigenvalue weighted by Gasteiger charge is 2.46. The number of halogens is 3. The third-order valence-electron chi connectivity index (χ3n) is 11.8. The Kier molecular flexibility index (Phi) is 10.3. The van der Waals surface area contributed by atoms with E-state index < -0.39 is 60.3 Å². The van der Waals surface area contributed by atoms with Gasteiger partial charge in [0.1, 0.15) is 36.3 Å². The molecular weight excluding hydrogens is 747 g/mol. The maximum Gasteiger partial charge on any atom is 0.433 e. The van der Waals surface area contributed by atoms with Crippen LogP contribution in [0.15, 0.2) is 66.9 Å². The van der Waals surface area contributed by atoms with Gasteiger partial charge in [-0.3, -0.25) is 19.8 Å². The molecule has 302 valence electrons. The molecule has 0 radical (unpaired) electrons. The minimum absolute atomic E-state index is 0.0712. The van der Waals surface area contributed by atoms with E-state index in [4.69, 9.17) is 5.73 Å². The van der Waals surface area contributed by atoms with Gasteiger partial charge in [0, 0.05) is 36.4 Å². The molecule has 18 heteroatoms. The maximum atomic E-state index is 13.1. The van der Waals surface area contributed by atoms with Gasteiger partial charge in [0.2, 0.25) is 0 Å². The highest BCUT2D eigenvalue weighted by atomic mass is 19.4. The first kappa shape index (κ1) is 38.9. The van der Waals surface area contributed by atoms with Crippen molar-refractivity contribution in [3.8, 4) is 5.69 Å². The van der Waals surface area contributed by atoms with E-state index in [0.29, 0.717) is 29.7 Å². The quantitative estimate of drug-likeness (QED) is 0.138. The number of benzene rings is 2. The van der Waals surface area contributed by atoms with Crippen molar-refractivity contribution >= 4 is 23.2 Å². The fourth-order valence-corrected chi connectivity index (χ4v) is 8.67. The molecule has 5 unspecified atom stereocenters. The second-order valence-corrected chi connectivity index (χ2v) is 15.5. The highest BCUT2D eigenvalue weighted by Crippen LogP contribution is 2.46. The molecule has 15 nitrogen and oxygen atoms in total. The molecule has 8 N–H and O–H groups in total. The van der Waals surface area contributed by atoms with E-state index in [-0.39, 0.29) is 16.8 Å². The van der Waals surface area contributed by atoms with Crippen molar-refractivity contribution in [1.82, 2.24) is 29.9 Å². The lowest BCUT2D eigenvalue weighted by Crippen LogP contribution is -2.57. The van der Waals surface area contributed by atoms with Crippen LogP contribution >= 0.6 is 0 Å². The zero-order chi connectivity index (χ0) is 40.2. The number of aromatic nitrogens is 3. The molecule has 57 heavy (non-hydrogen) atoms. The third-order valence-corrected chi connectivity index (χ3v) is 11.8. The SMILES string of the molecule is NC(=O)c1nn(-c2ccc(CN3CCC4(CC3)CCN(c3ccc5c(c3)C(O)N(C3CCC(O)NC3O)C5O)C4)cc2)cc1NC(=O)c1cccc(C(F)(F)F)n1. The Bertz CT molecular complexity index is 2140. The normalized spacial score (nSPS) is 25.2. The van der Waals surface area contributed by atoms with E-state index in [0.717, 1.165) is 81.4 Å². The number of carbonyl (C=O) groups excluding carboxylic acids is 2. The number of nitrogens with zero attached hydrogens (tertiary/aromatic N) is 6. The van der Waals surface area contributed by atoms with Crippen LogP contribution in [-0.4, -0.2) is 101 Å². The van der Waals surface area contributed by atoms with Crippen LogP contribution in [0, 0.1) is 5.41 Å². The van der Waals surface area contributed by atoms with E-state index in [2.05, 4.69) is 30.5 Å². The molecule has 3 saturated heterocycles. The van der Waals surface area contributed by atoms with E-state index in [1.165, 1.54) is 15.8 Å². The summed E-state index contributed by atoms with van der Waals surface area (Å²) < 4.78 is 40.7. The second kappa shape index (κ2) is 15.1. The number of fused-ring (bicyclic) bond motifs is 1. The number of pyridine rings is 1. The molecule has 0 aliphatic carbocycles. The van der Waals surface area contributed by atoms with Crippen molar-refractivity contribution in [2.45, 2.75) is 75.8 Å². The van der Waals surface area contributed by atoms with Crippen LogP contribution in [0.25, 0.3) is 5.69 Å². The molecule has 6 heterocycles. The lowest BCUT2D eigenvalue weighted by Gasteiger charge is -2.40. The summed E-state index contributed by atoms with van der Waals surface area (Å²) in [6.45, 7) is 4.32. The van der Waals surface area contributed by atoms with Crippen LogP contribution < -0.4 is 21.3 Å². The fourth-order valence-electron chi connectivity index (χ4n) is 8.67. The van der Waals surface area contributed by atoms with Crippen LogP contribution in [0.3, 0.4) is 0 Å². The van der Waals surface area contributed by atoms with Gasteiger partial charge >= 0.3 is 6.18 Å². The molecule has 4 aromatic rings. The molecule has 2 aromatic heterocycles. The molecular formula is C39H44F3N9O6. The van der Waals surface area contributed by atoms with Gasteiger partial charge in [-0.2, -0.15) is 18.3 Å². The summed E-state index contributed by atoms with van der Waals surface area (Å²) in [6, 6.07) is 15.7. The first-order chi connectivity index (χ1) is 27.2. The van der Waals surface area contributed by atoms with Gasteiger partial charge < -0.3 is 36.4 Å². The first-order valence-corrected chi connectivity index (χ1v) is 18.9. The van der Waals surface area contributed by atoms with Gasteiger partial charge in [-0.1, -0.05) is 24.3 Å². The maximum absolute atomic E-state index is 13.1. The van der Waals surface area contributed by atoms with Crippen molar-refractivity contribution in [3.05, 3.63) is 101 Å². The Morgan fingerprint density at radius 2 is 1.61 bits per heavy atom. The summed E-state index contributed by atoms with van der Waals surface area (Å²) in [7, 11) is 0. The molecule has 4 aliphatic heterocycles. The predicted octanol–water partition coefficient (Wildman–Crippen LogP) is 2.82. The molecule has 2 aromatic carbocycles. The Hall–Kier alpha value is -4.95. The van der Waals surface area contributed by atoms with Crippen LogP contribution in [0.2, 0.25) is 0 Å². The van der Waals surface area contributed by atoms with E-state index >= 15 is 0 Å². The number of anilines is 2. The standard InChI is InChI=1S/C39H44F3N9O6/c40-39(41,42)30-3-1-2-27(44-30)34(54)45-28-20-50(47-32(28)33(43)53)23-6-4-22(5-7-23)19-48-15-12-38(13-16-48)14-17-49(21-38)24-8-9-25-26(18-24)37(57)51(36(25)56)29-10-11-31(52)46-35(29)55/h1-9,18,20,29,31,35-37,46,52,55-57H,10-17,19,21H2,(H2,43,53)(H,45,54). The summed E-state index contributed by atoms with van der Waals surface area (Å²) in [6.07, 6.45) is -3.53. The summed E-state index contributed by atoms with van der Waals surface area (Å²) in [5, 5.41) is 52.1. The average molecular weight is 792 g/mol. The van der Waals surface area contributed by atoms with E-state index in [1.54, 1.807) is 0 Å². The van der Waals surface area contributed by atoms with Crippen molar-refractivity contribution in [2.75, 3.05) is 36.4 Å². The van der Waals surface area contributed by atoms with Gasteiger partial charge in [0.25, 0.3) is 11.8 Å². The first-order valence-electron chi connectivity index (χ1n) is 18.9. The number of aliphatic hydroxyl groups is 4. The zero-order valence-electron chi connectivity index (χ0n) is 30.8. The number of alkyl halides is 3. The molecule has 3 fully saturated rings. The number of rotatable bonds is 8. The summed E-state index contributed by atoms with van der Waals surface area (Å²) in [5.41, 5.74) is 7.48. The largest absolute Gasteiger partial charge is 0.433 e. The Morgan fingerprint density at radius 3 is 2.32 bits per heavy atom. The number of hydrogen-bond acceptors (Lipinski definition) is 12. The van der Waals surface area contributed by atoms with Gasteiger partial charge in [0.05, 0.1) is 23.6 Å². The van der Waals surface area contributed by atoms with Crippen LogP contribution in [0.5, 0.6) is 0 Å². The Morgan fingerprint density at radius 1 is 0.912 bits per heavy atom. The van der Waals surface area contributed by atoms with Crippen LogP contribution in [0.1, 0.15) is 87.9 Å². The van der Waals surface area contributed by atoms with Crippen molar-refractivity contribution in [3.63, 3.8) is 0 Å². The minimum Gasteiger partial charge on any atom is -0.379 e. The number of piperidine rings is 2. The summed E-state index contributed by atoms with van der Waals surface area (Å²) in [4.78, 5) is 34.6. The summed E-state index contributed by atoms with van der Waals surface area (Å²) >= 11 is 0. The monoisotopic (exact) mass is 791 g/mol. The van der Waals surface area contributed by atoms with Crippen molar-refractivity contribution in [2.24, 2.45) is 11.1 Å². The topological polar surface area (TPSA) is 206 Å². The lowest BCUT2D eigenvalue weighted by atomic mass is 9.77. The number of likely N-dealkylation sites (tertiary alicyclic amines) is 1. The number of primary amides is 1. The van der Waals surface area contributed by atoms with Gasteiger partial charge in [0.15, 0.2) is 5.69 Å². The summed E-state index contributed by atoms with van der Waals surface area (Å²) in [5.74, 6) is -1.89. The number of amides is 2. The predicted molar refractivity (Wildman–Crippen MR) is 199 cm³/mol. The lowest BCUT2D eigenvalue weighted by molar-refractivity contribution is -0.159. The number of nitrogens with one attached hydrogen (secondary N) is 2. The molecule has 0 saturated carbocycles. The molecule has 1 spiro atoms. The van der Waals surface area contributed by atoms with Crippen molar-refractivity contribution < 1.29 is 43.2 Å². The second-order valence-electron chi connectivity index (χ2n) is 15.5. The van der Waals surface area contributed by atoms with Crippen molar-refractivity contribution in [1.29, 1.82) is 0 Å². The Labute approximate surface area is 325 Å². The average Bonchev–Trinajstić information content (AvgIpc) is 3.87. The van der Waals surface area contributed by atoms with Crippen LogP contribution in [-0.2, 0) is 12.7 Å². The smallest absolute Gasteiger partial charge is 0.379 e. The molecule has 8 rings (SSSR count). The highest BCUT2D eigenvalue weighted by molar-refractivity contribution is 6.07. The number of nitrogens with two attached hydrogens (primary N) is 1. The van der Waals surface area contributed by atoms with E-state index in [1.807, 2.05) is 42.5 Å². The minimum atomic E-state index is -4.73. The number of hydrogen-bond donors (Lipinski definition) is 7. The zero-order valence-corrected chi connectivity index (χ0v) is 30.8. The number of carbonyl (C=O) groups is 2. The van der Waals surface area contributed by atoms with Gasteiger partial charge in [-0.15, -0.1) is 0 Å². The molecule has 5 atom stereocenters. The number of aliphatic hydroxyl groups excluding tert-OH is 4. The molecule has 2 amide bonds. The molecule has 0 bridgehead atoms. The van der Waals surface area contributed by atoms with E-state index in [9.17, 15) is 43.2 Å².